The Kier molecular flexibility index (Phi) is 4.65. The van der Waals surface area contributed by atoms with Crippen molar-refractivity contribution in [2.24, 2.45) is 0 Å². The van der Waals surface area contributed by atoms with Crippen LogP contribution < -0.4 is 4.90 Å². The molecule has 0 aliphatic carbocycles. The van der Waals surface area contributed by atoms with E-state index in [9.17, 15) is 10.1 Å². The van der Waals surface area contributed by atoms with Crippen molar-refractivity contribution in [3.05, 3.63) is 36.4 Å². The SMILES string of the molecule is CCN(C(=O)OC(C)(C)C)c1cn(-c2cccnc2)nc1C#N. The molecule has 0 saturated carbocycles. The monoisotopic (exact) mass is 313 g/mol. The lowest BCUT2D eigenvalue weighted by molar-refractivity contribution is 0.0582. The van der Waals surface area contributed by atoms with Gasteiger partial charge in [-0.15, -0.1) is 0 Å². The summed E-state index contributed by atoms with van der Waals surface area (Å²) in [6.07, 6.45) is 4.39. The molecule has 1 amide bonds. The first kappa shape index (κ1) is 16.5. The molecule has 0 aliphatic heterocycles. The van der Waals surface area contributed by atoms with Gasteiger partial charge in [-0.3, -0.25) is 9.88 Å². The quantitative estimate of drug-likeness (QED) is 0.870. The molecule has 0 radical (unpaired) electrons. The second kappa shape index (κ2) is 6.48. The molecular formula is C16H19N5O2. The number of aromatic nitrogens is 3. The number of nitrogens with zero attached hydrogens (tertiary/aromatic N) is 5. The Morgan fingerprint density at radius 3 is 2.74 bits per heavy atom. The maximum atomic E-state index is 12.3. The minimum atomic E-state index is -0.614. The highest BCUT2D eigenvalue weighted by Crippen LogP contribution is 2.23. The van der Waals surface area contributed by atoms with Crippen LogP contribution in [-0.2, 0) is 4.74 Å². The molecule has 2 heterocycles. The van der Waals surface area contributed by atoms with Crippen LogP contribution in [0.3, 0.4) is 0 Å². The third-order valence-electron chi connectivity index (χ3n) is 2.93. The van der Waals surface area contributed by atoms with Crippen LogP contribution in [0, 0.1) is 11.3 Å². The number of rotatable bonds is 3. The summed E-state index contributed by atoms with van der Waals surface area (Å²) in [5.41, 5.74) is 0.654. The lowest BCUT2D eigenvalue weighted by atomic mass is 10.2. The second-order valence-electron chi connectivity index (χ2n) is 5.86. The number of nitriles is 1. The molecule has 0 N–H and O–H groups in total. The number of hydrogen-bond donors (Lipinski definition) is 0. The Morgan fingerprint density at radius 1 is 1.48 bits per heavy atom. The summed E-state index contributed by atoms with van der Waals surface area (Å²) in [6, 6.07) is 5.60. The fourth-order valence-electron chi connectivity index (χ4n) is 1.98. The molecule has 0 unspecified atom stereocenters. The van der Waals surface area contributed by atoms with E-state index in [1.165, 1.54) is 9.58 Å². The Bertz CT molecular complexity index is 725. The normalized spacial score (nSPS) is 10.9. The third-order valence-corrected chi connectivity index (χ3v) is 2.93. The van der Waals surface area contributed by atoms with Crippen molar-refractivity contribution >= 4 is 11.8 Å². The van der Waals surface area contributed by atoms with E-state index in [1.54, 1.807) is 45.4 Å². The summed E-state index contributed by atoms with van der Waals surface area (Å²) < 4.78 is 6.91. The first-order chi connectivity index (χ1) is 10.9. The molecule has 0 fully saturated rings. The number of carbonyl (C=O) groups is 1. The van der Waals surface area contributed by atoms with Gasteiger partial charge >= 0.3 is 6.09 Å². The van der Waals surface area contributed by atoms with Crippen LogP contribution in [0.15, 0.2) is 30.7 Å². The van der Waals surface area contributed by atoms with E-state index in [0.29, 0.717) is 17.9 Å². The lowest BCUT2D eigenvalue weighted by Gasteiger charge is -2.25. The molecule has 0 saturated heterocycles. The van der Waals surface area contributed by atoms with Crippen LogP contribution in [-0.4, -0.2) is 33.0 Å². The predicted molar refractivity (Wildman–Crippen MR) is 85.3 cm³/mol. The van der Waals surface area contributed by atoms with Gasteiger partial charge in [0.05, 0.1) is 18.1 Å². The van der Waals surface area contributed by atoms with Gasteiger partial charge in [0.2, 0.25) is 0 Å². The van der Waals surface area contributed by atoms with Gasteiger partial charge in [0.15, 0.2) is 5.69 Å². The van der Waals surface area contributed by atoms with E-state index in [2.05, 4.69) is 10.1 Å². The molecule has 120 valence electrons. The van der Waals surface area contributed by atoms with Crippen molar-refractivity contribution in [1.82, 2.24) is 14.8 Å². The van der Waals surface area contributed by atoms with Crippen LogP contribution >= 0.6 is 0 Å². The molecule has 0 aromatic carbocycles. The third kappa shape index (κ3) is 3.86. The topological polar surface area (TPSA) is 84.0 Å². The molecule has 0 aliphatic rings. The maximum Gasteiger partial charge on any atom is 0.414 e. The van der Waals surface area contributed by atoms with E-state index in [0.717, 1.165) is 0 Å². The Morgan fingerprint density at radius 2 is 2.22 bits per heavy atom. The van der Waals surface area contributed by atoms with Gasteiger partial charge in [0, 0.05) is 12.7 Å². The van der Waals surface area contributed by atoms with Gasteiger partial charge in [-0.05, 0) is 39.8 Å². The van der Waals surface area contributed by atoms with Crippen LogP contribution in [0.25, 0.3) is 5.69 Å². The minimum absolute atomic E-state index is 0.154. The summed E-state index contributed by atoms with van der Waals surface area (Å²) in [5, 5.41) is 13.5. The van der Waals surface area contributed by atoms with Gasteiger partial charge in [-0.25, -0.2) is 9.48 Å². The Hall–Kier alpha value is -2.88. The predicted octanol–water partition coefficient (Wildman–Crippen LogP) is 2.90. The summed E-state index contributed by atoms with van der Waals surface area (Å²) in [6.45, 7) is 7.56. The first-order valence-corrected chi connectivity index (χ1v) is 7.26. The van der Waals surface area contributed by atoms with Crippen LogP contribution in [0.2, 0.25) is 0 Å². The summed E-state index contributed by atoms with van der Waals surface area (Å²) in [5.74, 6) is 0. The molecule has 7 heteroatoms. The fraction of sp³-hybridized carbons (Fsp3) is 0.375. The highest BCUT2D eigenvalue weighted by atomic mass is 16.6. The van der Waals surface area contributed by atoms with Crippen molar-refractivity contribution in [2.45, 2.75) is 33.3 Å². The standard InChI is InChI=1S/C16H19N5O2/c1-5-20(15(22)23-16(2,3)4)14-11-21(19-13(14)9-17)12-7-6-8-18-10-12/h6-8,10-11H,5H2,1-4H3. The van der Waals surface area contributed by atoms with Gasteiger partial charge in [-0.2, -0.15) is 10.4 Å². The average molecular weight is 313 g/mol. The highest BCUT2D eigenvalue weighted by molar-refractivity contribution is 5.89. The van der Waals surface area contributed by atoms with Crippen LogP contribution in [0.5, 0.6) is 0 Å². The highest BCUT2D eigenvalue weighted by Gasteiger charge is 2.26. The van der Waals surface area contributed by atoms with Crippen molar-refractivity contribution < 1.29 is 9.53 Å². The average Bonchev–Trinajstić information content (AvgIpc) is 2.91. The van der Waals surface area contributed by atoms with Gasteiger partial charge in [0.1, 0.15) is 17.4 Å². The smallest absolute Gasteiger partial charge is 0.414 e. The van der Waals surface area contributed by atoms with E-state index < -0.39 is 11.7 Å². The fourth-order valence-corrected chi connectivity index (χ4v) is 1.98. The summed E-state index contributed by atoms with van der Waals surface area (Å²) in [4.78, 5) is 17.8. The molecule has 2 rings (SSSR count). The first-order valence-electron chi connectivity index (χ1n) is 7.26. The van der Waals surface area contributed by atoms with Crippen molar-refractivity contribution in [1.29, 1.82) is 5.26 Å². The largest absolute Gasteiger partial charge is 0.443 e. The van der Waals surface area contributed by atoms with Gasteiger partial charge in [0.25, 0.3) is 0 Å². The van der Waals surface area contributed by atoms with Gasteiger partial charge < -0.3 is 4.74 Å². The molecule has 23 heavy (non-hydrogen) atoms. The van der Waals surface area contributed by atoms with Crippen molar-refractivity contribution in [3.8, 4) is 11.8 Å². The summed E-state index contributed by atoms with van der Waals surface area (Å²) in [7, 11) is 0. The zero-order valence-corrected chi connectivity index (χ0v) is 13.6. The molecule has 0 atom stereocenters. The summed E-state index contributed by atoms with van der Waals surface area (Å²) >= 11 is 0. The number of pyridine rings is 1. The van der Waals surface area contributed by atoms with E-state index in [1.807, 2.05) is 19.1 Å². The molecule has 0 bridgehead atoms. The maximum absolute atomic E-state index is 12.3. The van der Waals surface area contributed by atoms with Gasteiger partial charge in [-0.1, -0.05) is 0 Å². The van der Waals surface area contributed by atoms with Crippen molar-refractivity contribution in [3.63, 3.8) is 0 Å². The number of hydrogen-bond acceptors (Lipinski definition) is 5. The minimum Gasteiger partial charge on any atom is -0.443 e. The van der Waals surface area contributed by atoms with E-state index >= 15 is 0 Å². The zero-order valence-electron chi connectivity index (χ0n) is 13.6. The van der Waals surface area contributed by atoms with E-state index in [4.69, 9.17) is 4.74 Å². The van der Waals surface area contributed by atoms with Crippen molar-refractivity contribution in [2.75, 3.05) is 11.4 Å². The molecule has 7 nitrogen and oxygen atoms in total. The number of anilines is 1. The lowest BCUT2D eigenvalue weighted by Crippen LogP contribution is -2.37. The number of ether oxygens (including phenoxy) is 1. The van der Waals surface area contributed by atoms with E-state index in [-0.39, 0.29) is 5.69 Å². The number of carbonyl (C=O) groups excluding carboxylic acids is 1. The molecule has 0 spiro atoms. The van der Waals surface area contributed by atoms with Crippen LogP contribution in [0.4, 0.5) is 10.5 Å². The zero-order chi connectivity index (χ0) is 17.0. The Balaban J connectivity index is 2.39. The molecule has 2 aromatic rings. The molecule has 2 aromatic heterocycles. The number of amides is 1. The Labute approximate surface area is 135 Å². The molecular weight excluding hydrogens is 294 g/mol. The second-order valence-corrected chi connectivity index (χ2v) is 5.86. The van der Waals surface area contributed by atoms with Crippen LogP contribution in [0.1, 0.15) is 33.4 Å².